The van der Waals surface area contributed by atoms with E-state index in [0.29, 0.717) is 17.2 Å². The van der Waals surface area contributed by atoms with E-state index in [1.807, 2.05) is 0 Å². The summed E-state index contributed by atoms with van der Waals surface area (Å²) < 4.78 is 17.2. The molecule has 1 saturated carbocycles. The molecule has 5 nitrogen and oxygen atoms in total. The van der Waals surface area contributed by atoms with Crippen molar-refractivity contribution < 1.29 is 19.0 Å². The highest BCUT2D eigenvalue weighted by Gasteiger charge is 2.42. The lowest BCUT2D eigenvalue weighted by molar-refractivity contribution is 0.321. The molecule has 0 spiro atoms. The minimum absolute atomic E-state index is 0.554. The number of carbonyl (C=O) groups excluding carboxylic acids is 1. The van der Waals surface area contributed by atoms with Crippen LogP contribution in [0.25, 0.3) is 0 Å². The van der Waals surface area contributed by atoms with Crippen molar-refractivity contribution in [3.63, 3.8) is 0 Å². The lowest BCUT2D eigenvalue weighted by atomic mass is 9.87. The Morgan fingerprint density at radius 1 is 1.14 bits per heavy atom. The van der Waals surface area contributed by atoms with E-state index in [9.17, 15) is 4.79 Å². The van der Waals surface area contributed by atoms with E-state index in [0.717, 1.165) is 35.7 Å². The highest BCUT2D eigenvalue weighted by atomic mass is 79.9. The zero-order valence-electron chi connectivity index (χ0n) is 12.4. The van der Waals surface area contributed by atoms with Crippen LogP contribution in [0.15, 0.2) is 15.5 Å². The fourth-order valence-electron chi connectivity index (χ4n) is 3.03. The maximum atomic E-state index is 11.0. The Hall–Kier alpha value is -1.52. The Kier molecular flexibility index (Phi) is 4.91. The molecular weight excluding hydrogens is 338 g/mol. The summed E-state index contributed by atoms with van der Waals surface area (Å²) in [6.45, 7) is 0. The number of ether oxygens (including phenoxy) is 3. The van der Waals surface area contributed by atoms with Crippen LogP contribution in [0.2, 0.25) is 0 Å². The molecule has 0 unspecified atom stereocenters. The van der Waals surface area contributed by atoms with E-state index < -0.39 is 5.54 Å². The molecule has 0 amide bonds. The molecule has 0 N–H and O–H groups in total. The van der Waals surface area contributed by atoms with Gasteiger partial charge in [0.15, 0.2) is 11.5 Å². The molecule has 0 atom stereocenters. The first-order valence-electron chi connectivity index (χ1n) is 6.71. The number of rotatable bonds is 5. The van der Waals surface area contributed by atoms with Crippen LogP contribution in [0.4, 0.5) is 0 Å². The summed E-state index contributed by atoms with van der Waals surface area (Å²) in [6.07, 6.45) is 5.22. The summed E-state index contributed by atoms with van der Waals surface area (Å²) >= 11 is 3.48. The van der Waals surface area contributed by atoms with Gasteiger partial charge in [-0.25, -0.2) is 4.79 Å². The van der Waals surface area contributed by atoms with Gasteiger partial charge in [-0.1, -0.05) is 12.8 Å². The van der Waals surface area contributed by atoms with Gasteiger partial charge >= 0.3 is 0 Å². The Labute approximate surface area is 132 Å². The number of nitrogens with zero attached hydrogens (tertiary/aromatic N) is 1. The van der Waals surface area contributed by atoms with Crippen molar-refractivity contribution in [2.24, 2.45) is 4.99 Å². The first-order valence-corrected chi connectivity index (χ1v) is 7.50. The molecule has 0 saturated heterocycles. The Morgan fingerprint density at radius 2 is 1.76 bits per heavy atom. The highest BCUT2D eigenvalue weighted by molar-refractivity contribution is 9.10. The lowest BCUT2D eigenvalue weighted by Crippen LogP contribution is -2.21. The Balaban J connectivity index is 2.80. The van der Waals surface area contributed by atoms with Crippen molar-refractivity contribution in [3.8, 4) is 17.2 Å². The van der Waals surface area contributed by atoms with Crippen LogP contribution in [-0.2, 0) is 10.3 Å². The van der Waals surface area contributed by atoms with Gasteiger partial charge in [0.1, 0.15) is 11.3 Å². The standard InChI is InChI=1S/C15H18BrNO4/c1-19-11-8-10(16)13(20-2)12(14(11)21-3)15(17-9-18)6-4-5-7-15/h8H,4-7H2,1-3H3. The molecule has 0 radical (unpaired) electrons. The second-order valence-electron chi connectivity index (χ2n) is 4.94. The molecule has 0 aromatic heterocycles. The third-order valence-corrected chi connectivity index (χ3v) is 4.53. The first-order chi connectivity index (χ1) is 10.1. The van der Waals surface area contributed by atoms with Gasteiger partial charge in [0.2, 0.25) is 6.08 Å². The Morgan fingerprint density at radius 3 is 2.24 bits per heavy atom. The average molecular weight is 356 g/mol. The van der Waals surface area contributed by atoms with E-state index in [4.69, 9.17) is 14.2 Å². The van der Waals surface area contributed by atoms with E-state index in [1.54, 1.807) is 33.5 Å². The van der Waals surface area contributed by atoms with Gasteiger partial charge in [0, 0.05) is 6.07 Å². The lowest BCUT2D eigenvalue weighted by Gasteiger charge is -2.28. The largest absolute Gasteiger partial charge is 0.495 e. The minimum Gasteiger partial charge on any atom is -0.495 e. The zero-order valence-corrected chi connectivity index (χ0v) is 13.9. The molecule has 0 aliphatic heterocycles. The third kappa shape index (κ3) is 2.65. The van der Waals surface area contributed by atoms with Gasteiger partial charge in [-0.3, -0.25) is 0 Å². The Bertz CT molecular complexity index is 576. The first kappa shape index (κ1) is 15.9. The topological polar surface area (TPSA) is 57.1 Å². The second kappa shape index (κ2) is 6.50. The van der Waals surface area contributed by atoms with Crippen LogP contribution in [-0.4, -0.2) is 27.4 Å². The molecular formula is C15H18BrNO4. The summed E-state index contributed by atoms with van der Waals surface area (Å²) in [5.41, 5.74) is 0.0924. The van der Waals surface area contributed by atoms with Gasteiger partial charge in [-0.05, 0) is 28.8 Å². The molecule has 2 rings (SSSR count). The molecule has 6 heteroatoms. The zero-order chi connectivity index (χ0) is 15.5. The molecule has 1 aromatic carbocycles. The van der Waals surface area contributed by atoms with Gasteiger partial charge in [0.25, 0.3) is 0 Å². The van der Waals surface area contributed by atoms with E-state index in [-0.39, 0.29) is 0 Å². The fourth-order valence-corrected chi connectivity index (χ4v) is 3.60. The summed E-state index contributed by atoms with van der Waals surface area (Å²) in [7, 11) is 4.73. The molecule has 1 aliphatic rings. The normalized spacial score (nSPS) is 16.2. The molecule has 21 heavy (non-hydrogen) atoms. The van der Waals surface area contributed by atoms with Crippen LogP contribution < -0.4 is 14.2 Å². The van der Waals surface area contributed by atoms with Crippen LogP contribution in [0.3, 0.4) is 0 Å². The summed E-state index contributed by atoms with van der Waals surface area (Å²) in [6, 6.07) is 1.79. The van der Waals surface area contributed by atoms with Crippen molar-refractivity contribution in [3.05, 3.63) is 16.1 Å². The minimum atomic E-state index is -0.657. The number of hydrogen-bond acceptors (Lipinski definition) is 5. The monoisotopic (exact) mass is 355 g/mol. The van der Waals surface area contributed by atoms with Crippen molar-refractivity contribution >= 4 is 22.0 Å². The van der Waals surface area contributed by atoms with Crippen LogP contribution in [0.1, 0.15) is 31.2 Å². The molecule has 1 aliphatic carbocycles. The molecule has 0 heterocycles. The summed E-state index contributed by atoms with van der Waals surface area (Å²) in [5, 5.41) is 0. The van der Waals surface area contributed by atoms with Gasteiger partial charge in [-0.15, -0.1) is 0 Å². The SMILES string of the molecule is COc1cc(Br)c(OC)c(C2(N=C=O)CCCC2)c1OC. The summed E-state index contributed by atoms with van der Waals surface area (Å²) in [5.74, 6) is 1.75. The smallest absolute Gasteiger partial charge is 0.235 e. The van der Waals surface area contributed by atoms with Gasteiger partial charge < -0.3 is 14.2 Å². The van der Waals surface area contributed by atoms with Crippen molar-refractivity contribution in [1.82, 2.24) is 0 Å². The molecule has 114 valence electrons. The third-order valence-electron chi connectivity index (χ3n) is 3.94. The number of aliphatic imine (C=N–C) groups is 1. The molecule has 1 aromatic rings. The summed E-state index contributed by atoms with van der Waals surface area (Å²) in [4.78, 5) is 15.1. The maximum Gasteiger partial charge on any atom is 0.235 e. The number of methoxy groups -OCH3 is 3. The number of benzene rings is 1. The highest BCUT2D eigenvalue weighted by Crippen LogP contribution is 2.54. The predicted molar refractivity (Wildman–Crippen MR) is 82.1 cm³/mol. The van der Waals surface area contributed by atoms with Gasteiger partial charge in [-0.2, -0.15) is 4.99 Å². The van der Waals surface area contributed by atoms with Crippen molar-refractivity contribution in [2.45, 2.75) is 31.2 Å². The quantitative estimate of drug-likeness (QED) is 0.598. The van der Waals surface area contributed by atoms with Crippen LogP contribution >= 0.6 is 15.9 Å². The predicted octanol–water partition coefficient (Wildman–Crippen LogP) is 3.58. The number of halogens is 1. The van der Waals surface area contributed by atoms with Gasteiger partial charge in [0.05, 0.1) is 31.4 Å². The molecule has 0 bridgehead atoms. The van der Waals surface area contributed by atoms with Crippen LogP contribution in [0.5, 0.6) is 17.2 Å². The van der Waals surface area contributed by atoms with E-state index in [1.165, 1.54) is 0 Å². The number of isocyanates is 1. The van der Waals surface area contributed by atoms with E-state index >= 15 is 0 Å². The fraction of sp³-hybridized carbons (Fsp3) is 0.533. The van der Waals surface area contributed by atoms with Crippen molar-refractivity contribution in [2.75, 3.05) is 21.3 Å². The average Bonchev–Trinajstić information content (AvgIpc) is 2.95. The van der Waals surface area contributed by atoms with E-state index in [2.05, 4.69) is 20.9 Å². The maximum absolute atomic E-state index is 11.0. The molecule has 1 fully saturated rings. The number of hydrogen-bond donors (Lipinski definition) is 0. The van der Waals surface area contributed by atoms with Crippen molar-refractivity contribution in [1.29, 1.82) is 0 Å². The van der Waals surface area contributed by atoms with Crippen LogP contribution in [0, 0.1) is 0 Å². The second-order valence-corrected chi connectivity index (χ2v) is 5.80.